The molecule has 0 bridgehead atoms. The fourth-order valence-corrected chi connectivity index (χ4v) is 8.15. The van der Waals surface area contributed by atoms with Crippen molar-refractivity contribution >= 4 is 18.8 Å². The minimum Gasteiger partial charge on any atom is -0.420 e. The zero-order valence-electron chi connectivity index (χ0n) is 37.4. The van der Waals surface area contributed by atoms with Gasteiger partial charge in [0.1, 0.15) is 0 Å². The van der Waals surface area contributed by atoms with E-state index < -0.39 is 5.85 Å². The van der Waals surface area contributed by atoms with Crippen LogP contribution in [0, 0.1) is 5.92 Å². The van der Waals surface area contributed by atoms with Gasteiger partial charge < -0.3 is 15.4 Å². The number of nitrogens with one attached hydrogen (secondary N) is 2. The van der Waals surface area contributed by atoms with Crippen molar-refractivity contribution in [3.05, 3.63) is 0 Å². The minimum absolute atomic E-state index is 0.229. The van der Waals surface area contributed by atoms with Gasteiger partial charge >= 0.3 is 5.97 Å². The average molecular weight is 777 g/mol. The summed E-state index contributed by atoms with van der Waals surface area (Å²) >= 11 is 0. The van der Waals surface area contributed by atoms with E-state index in [2.05, 4.69) is 24.5 Å². The zero-order chi connectivity index (χ0) is 40.2. The lowest BCUT2D eigenvalue weighted by molar-refractivity contribution is -0.178. The molecular formula is C49H96N2O4. The first-order valence-electron chi connectivity index (χ1n) is 24.7. The van der Waals surface area contributed by atoms with Crippen molar-refractivity contribution in [1.29, 1.82) is 0 Å². The van der Waals surface area contributed by atoms with Crippen LogP contribution in [0.1, 0.15) is 284 Å². The number of amides is 2. The lowest BCUT2D eigenvalue weighted by Crippen LogP contribution is -2.63. The highest BCUT2D eigenvalue weighted by Crippen LogP contribution is 2.24. The highest BCUT2D eigenvalue weighted by molar-refractivity contribution is 5.70. The summed E-state index contributed by atoms with van der Waals surface area (Å²) in [6.45, 7) is 6.51. The second-order valence-electron chi connectivity index (χ2n) is 17.3. The molecule has 0 aliphatic heterocycles. The van der Waals surface area contributed by atoms with Gasteiger partial charge in [0.15, 0.2) is 0 Å². The topological polar surface area (TPSA) is 84.5 Å². The van der Waals surface area contributed by atoms with Crippen LogP contribution in [0.4, 0.5) is 0 Å². The number of rotatable bonds is 47. The van der Waals surface area contributed by atoms with E-state index in [-0.39, 0.29) is 11.9 Å². The second kappa shape index (κ2) is 43.5. The molecule has 1 unspecified atom stereocenters. The third kappa shape index (κ3) is 36.5. The van der Waals surface area contributed by atoms with Crippen LogP contribution in [0.15, 0.2) is 0 Å². The third-order valence-electron chi connectivity index (χ3n) is 12.0. The summed E-state index contributed by atoms with van der Waals surface area (Å²) in [5.74, 6) is -2.08. The molecular weight excluding hydrogens is 681 g/mol. The summed E-state index contributed by atoms with van der Waals surface area (Å²) in [6.07, 6.45) is 53.9. The first-order chi connectivity index (χ1) is 27.1. The van der Waals surface area contributed by atoms with Gasteiger partial charge in [-0.05, 0) is 12.8 Å². The largest absolute Gasteiger partial charge is 0.420 e. The normalized spacial score (nSPS) is 12.1. The van der Waals surface area contributed by atoms with Crippen LogP contribution >= 0.6 is 0 Å². The summed E-state index contributed by atoms with van der Waals surface area (Å²) in [4.78, 5) is 35.9. The molecule has 0 aliphatic carbocycles. The fraction of sp³-hybridized carbons (Fsp3) is 0.939. The van der Waals surface area contributed by atoms with Gasteiger partial charge in [-0.25, -0.2) is 0 Å². The fourth-order valence-electron chi connectivity index (χ4n) is 8.15. The molecule has 326 valence electrons. The van der Waals surface area contributed by atoms with E-state index in [0.717, 1.165) is 38.5 Å². The Bertz CT molecular complexity index is 796. The van der Waals surface area contributed by atoms with E-state index in [1.54, 1.807) is 0 Å². The highest BCUT2D eigenvalue weighted by Gasteiger charge is 2.39. The van der Waals surface area contributed by atoms with Gasteiger partial charge in [-0.15, -0.1) is 0 Å². The van der Waals surface area contributed by atoms with Gasteiger partial charge in [0.25, 0.3) is 5.85 Å². The smallest absolute Gasteiger partial charge is 0.309 e. The molecule has 0 aliphatic rings. The molecule has 0 aromatic heterocycles. The number of carbonyl (C=O) groups excluding carboxylic acids is 3. The standard InChI is InChI=1S/C49H96N2O4/c1-4-6-8-10-12-14-16-18-20-22-24-26-27-29-31-33-35-37-39-41-43-47(3)49(50-45-52,51-46-53)55-48(54)44-42-40-38-36-34-32-30-28-25-23-21-19-17-15-13-11-9-7-5-2/h45-47H,4-44H2,1-3H3,(H,50,52)(H,51,53). The van der Waals surface area contributed by atoms with Gasteiger partial charge in [0, 0.05) is 12.3 Å². The lowest BCUT2D eigenvalue weighted by Gasteiger charge is -2.37. The Hall–Kier alpha value is -1.59. The van der Waals surface area contributed by atoms with Crippen LogP contribution in [0.2, 0.25) is 0 Å². The summed E-state index contributed by atoms with van der Waals surface area (Å²) in [5.41, 5.74) is 0. The Morgan fingerprint density at radius 3 is 0.909 bits per heavy atom. The summed E-state index contributed by atoms with van der Waals surface area (Å²) in [7, 11) is 0. The SMILES string of the molecule is CCCCCCCCCCCCCCCCCCCCCCC(C)C(NC=O)(NC=O)OC(=O)CCCCCCCCCCCCCCCCCCCCC. The van der Waals surface area contributed by atoms with E-state index in [1.807, 2.05) is 6.92 Å². The molecule has 6 nitrogen and oxygen atoms in total. The molecule has 0 rings (SSSR count). The van der Waals surface area contributed by atoms with E-state index in [4.69, 9.17) is 4.74 Å². The Morgan fingerprint density at radius 1 is 0.418 bits per heavy atom. The van der Waals surface area contributed by atoms with Gasteiger partial charge in [0.05, 0.1) is 0 Å². The molecule has 2 N–H and O–H groups in total. The maximum absolute atomic E-state index is 12.8. The Morgan fingerprint density at radius 2 is 0.655 bits per heavy atom. The van der Waals surface area contributed by atoms with Gasteiger partial charge in [-0.3, -0.25) is 14.4 Å². The van der Waals surface area contributed by atoms with E-state index in [9.17, 15) is 14.4 Å². The Labute approximate surface area is 343 Å². The van der Waals surface area contributed by atoms with Crippen molar-refractivity contribution in [2.45, 2.75) is 290 Å². The third-order valence-corrected chi connectivity index (χ3v) is 12.0. The molecule has 0 radical (unpaired) electrons. The second-order valence-corrected chi connectivity index (χ2v) is 17.3. The number of hydrogen-bond donors (Lipinski definition) is 2. The van der Waals surface area contributed by atoms with E-state index in [0.29, 0.717) is 19.2 Å². The molecule has 1 atom stereocenters. The summed E-state index contributed by atoms with van der Waals surface area (Å²) < 4.78 is 5.79. The number of unbranched alkanes of at least 4 members (excludes halogenated alkanes) is 37. The van der Waals surface area contributed by atoms with Crippen LogP contribution in [0.3, 0.4) is 0 Å². The predicted octanol–water partition coefficient (Wildman–Crippen LogP) is 15.3. The van der Waals surface area contributed by atoms with Gasteiger partial charge in [-0.2, -0.15) is 0 Å². The quantitative estimate of drug-likeness (QED) is 0.0279. The first-order valence-corrected chi connectivity index (χ1v) is 24.7. The number of hydrogen-bond acceptors (Lipinski definition) is 4. The Balaban J connectivity index is 3.86. The van der Waals surface area contributed by atoms with Crippen LogP contribution in [-0.2, 0) is 19.1 Å². The van der Waals surface area contributed by atoms with Crippen LogP contribution in [0.5, 0.6) is 0 Å². The van der Waals surface area contributed by atoms with E-state index >= 15 is 0 Å². The van der Waals surface area contributed by atoms with Crippen molar-refractivity contribution in [2.75, 3.05) is 0 Å². The summed E-state index contributed by atoms with van der Waals surface area (Å²) in [5, 5.41) is 5.27. The van der Waals surface area contributed by atoms with Crippen LogP contribution in [0.25, 0.3) is 0 Å². The van der Waals surface area contributed by atoms with Crippen molar-refractivity contribution in [1.82, 2.24) is 10.6 Å². The highest BCUT2D eigenvalue weighted by atomic mass is 16.6. The number of carbonyl (C=O) groups is 3. The predicted molar refractivity (Wildman–Crippen MR) is 237 cm³/mol. The van der Waals surface area contributed by atoms with E-state index in [1.165, 1.54) is 218 Å². The molecule has 0 spiro atoms. The lowest BCUT2D eigenvalue weighted by atomic mass is 9.96. The molecule has 6 heteroatoms. The number of ether oxygens (including phenoxy) is 1. The molecule has 0 saturated heterocycles. The zero-order valence-corrected chi connectivity index (χ0v) is 37.4. The molecule has 55 heavy (non-hydrogen) atoms. The van der Waals surface area contributed by atoms with Crippen molar-refractivity contribution in [2.24, 2.45) is 5.92 Å². The first kappa shape index (κ1) is 53.4. The van der Waals surface area contributed by atoms with Crippen LogP contribution in [-0.4, -0.2) is 24.6 Å². The van der Waals surface area contributed by atoms with Crippen molar-refractivity contribution in [3.63, 3.8) is 0 Å². The minimum atomic E-state index is -1.48. The average Bonchev–Trinajstić information content (AvgIpc) is 3.18. The monoisotopic (exact) mass is 777 g/mol. The number of esters is 1. The molecule has 0 fully saturated rings. The van der Waals surface area contributed by atoms with Crippen LogP contribution < -0.4 is 10.6 Å². The molecule has 2 amide bonds. The Kier molecular flexibility index (Phi) is 42.3. The molecule has 0 heterocycles. The van der Waals surface area contributed by atoms with Gasteiger partial charge in [0.2, 0.25) is 12.8 Å². The summed E-state index contributed by atoms with van der Waals surface area (Å²) in [6, 6.07) is 0. The molecule has 0 aromatic carbocycles. The maximum atomic E-state index is 12.8. The molecule has 0 aromatic rings. The van der Waals surface area contributed by atoms with Crippen molar-refractivity contribution < 1.29 is 19.1 Å². The van der Waals surface area contributed by atoms with Crippen molar-refractivity contribution in [3.8, 4) is 0 Å². The molecule has 0 saturated carbocycles. The maximum Gasteiger partial charge on any atom is 0.309 e. The van der Waals surface area contributed by atoms with Gasteiger partial charge in [-0.1, -0.05) is 265 Å².